The van der Waals surface area contributed by atoms with E-state index in [2.05, 4.69) is 0 Å². The molecule has 3 unspecified atom stereocenters. The topological polar surface area (TPSA) is 63.6 Å². The molecule has 102 valence electrons. The van der Waals surface area contributed by atoms with Crippen LogP contribution in [0.2, 0.25) is 0 Å². The zero-order valence-corrected chi connectivity index (χ0v) is 11.4. The van der Waals surface area contributed by atoms with E-state index in [1.165, 1.54) is 0 Å². The molecule has 0 heterocycles. The summed E-state index contributed by atoms with van der Waals surface area (Å²) >= 11 is 0. The highest BCUT2D eigenvalue weighted by molar-refractivity contribution is 5.79. The first-order valence-electron chi connectivity index (χ1n) is 6.70. The van der Waals surface area contributed by atoms with Crippen LogP contribution in [0.1, 0.15) is 52.9 Å². The van der Waals surface area contributed by atoms with E-state index in [0.717, 1.165) is 12.8 Å². The van der Waals surface area contributed by atoms with Crippen LogP contribution in [0.3, 0.4) is 0 Å². The fourth-order valence-corrected chi connectivity index (χ4v) is 3.40. The number of rotatable bonds is 2. The molecule has 18 heavy (non-hydrogen) atoms. The van der Waals surface area contributed by atoms with Gasteiger partial charge in [0.05, 0.1) is 11.3 Å². The van der Waals surface area contributed by atoms with Gasteiger partial charge in [0, 0.05) is 0 Å². The third kappa shape index (κ3) is 2.38. The molecule has 0 aromatic heterocycles. The van der Waals surface area contributed by atoms with Crippen molar-refractivity contribution in [1.29, 1.82) is 0 Å². The molecule has 0 radical (unpaired) electrons. The van der Waals surface area contributed by atoms with Crippen LogP contribution in [0.25, 0.3) is 0 Å². The molecule has 0 spiro atoms. The maximum Gasteiger partial charge on any atom is 0.312 e. The Balaban J connectivity index is 2.08. The number of carboxylic acids is 1. The van der Waals surface area contributed by atoms with Crippen molar-refractivity contribution in [3.8, 4) is 0 Å². The van der Waals surface area contributed by atoms with E-state index in [0.29, 0.717) is 19.3 Å². The number of carbonyl (C=O) groups excluding carboxylic acids is 1. The molecule has 0 aromatic carbocycles. The number of fused-ring (bicyclic) bond motifs is 2. The van der Waals surface area contributed by atoms with E-state index in [9.17, 15) is 9.59 Å². The van der Waals surface area contributed by atoms with Gasteiger partial charge in [0.15, 0.2) is 0 Å². The summed E-state index contributed by atoms with van der Waals surface area (Å²) in [6.45, 7) is 5.62. The Morgan fingerprint density at radius 3 is 2.39 bits per heavy atom. The average molecular weight is 254 g/mol. The van der Waals surface area contributed by atoms with E-state index >= 15 is 0 Å². The highest BCUT2D eigenvalue weighted by Gasteiger charge is 2.53. The Kier molecular flexibility index (Phi) is 3.16. The fraction of sp³-hybridized carbons (Fsp3) is 0.857. The van der Waals surface area contributed by atoms with Gasteiger partial charge in [0.25, 0.3) is 0 Å². The third-order valence-electron chi connectivity index (χ3n) is 4.30. The number of carbonyl (C=O) groups is 2. The summed E-state index contributed by atoms with van der Waals surface area (Å²) in [5.74, 6) is -0.937. The molecule has 3 atom stereocenters. The average Bonchev–Trinajstić information content (AvgIpc) is 2.55. The van der Waals surface area contributed by atoms with Gasteiger partial charge in [-0.1, -0.05) is 0 Å². The molecule has 4 nitrogen and oxygen atoms in total. The van der Waals surface area contributed by atoms with E-state index in [4.69, 9.17) is 9.84 Å². The second-order valence-corrected chi connectivity index (χ2v) is 6.77. The number of hydrogen-bond donors (Lipinski definition) is 1. The number of hydrogen-bond acceptors (Lipinski definition) is 3. The summed E-state index contributed by atoms with van der Waals surface area (Å²) in [5, 5.41) is 9.15. The van der Waals surface area contributed by atoms with Crippen molar-refractivity contribution < 1.29 is 19.4 Å². The van der Waals surface area contributed by atoms with Crippen LogP contribution >= 0.6 is 0 Å². The van der Waals surface area contributed by atoms with Gasteiger partial charge in [0.2, 0.25) is 0 Å². The minimum atomic E-state index is -0.709. The number of esters is 1. The van der Waals surface area contributed by atoms with Crippen LogP contribution < -0.4 is 0 Å². The molecule has 0 amide bonds. The summed E-state index contributed by atoms with van der Waals surface area (Å²) in [6.07, 6.45) is 3.60. The van der Waals surface area contributed by atoms with E-state index in [-0.39, 0.29) is 17.8 Å². The van der Waals surface area contributed by atoms with E-state index < -0.39 is 17.0 Å². The lowest BCUT2D eigenvalue weighted by molar-refractivity contribution is -0.170. The minimum absolute atomic E-state index is 0.124. The van der Waals surface area contributed by atoms with Crippen LogP contribution in [-0.2, 0) is 14.3 Å². The molecule has 4 heteroatoms. The SMILES string of the molecule is CC(C)(C)OC(=O)C12CCC(C1)C(C(=O)O)CC2. The van der Waals surface area contributed by atoms with Crippen molar-refractivity contribution >= 4 is 11.9 Å². The Labute approximate surface area is 108 Å². The zero-order chi connectivity index (χ0) is 13.6. The normalized spacial score (nSPS) is 35.3. The zero-order valence-electron chi connectivity index (χ0n) is 11.4. The van der Waals surface area contributed by atoms with Crippen LogP contribution in [0.5, 0.6) is 0 Å². The first-order chi connectivity index (χ1) is 8.23. The van der Waals surface area contributed by atoms with Crippen LogP contribution in [0, 0.1) is 17.3 Å². The first kappa shape index (κ1) is 13.4. The lowest BCUT2D eigenvalue weighted by Gasteiger charge is -2.35. The predicted molar refractivity (Wildman–Crippen MR) is 66.0 cm³/mol. The molecule has 0 aromatic rings. The van der Waals surface area contributed by atoms with Gasteiger partial charge in [-0.05, 0) is 58.8 Å². The van der Waals surface area contributed by atoms with Gasteiger partial charge in [0.1, 0.15) is 5.60 Å². The van der Waals surface area contributed by atoms with Crippen LogP contribution in [0.15, 0.2) is 0 Å². The molecule has 0 saturated heterocycles. The second-order valence-electron chi connectivity index (χ2n) is 6.77. The van der Waals surface area contributed by atoms with Gasteiger partial charge in [-0.25, -0.2) is 0 Å². The molecule has 1 N–H and O–H groups in total. The van der Waals surface area contributed by atoms with Crippen LogP contribution in [-0.4, -0.2) is 22.6 Å². The Hall–Kier alpha value is -1.06. The summed E-state index contributed by atoms with van der Waals surface area (Å²) < 4.78 is 5.51. The van der Waals surface area contributed by atoms with Crippen molar-refractivity contribution in [3.63, 3.8) is 0 Å². The number of carboxylic acid groups (broad SMARTS) is 1. The standard InChI is InChI=1S/C14H22O4/c1-13(2,3)18-12(17)14-6-4-9(8-14)10(5-7-14)11(15)16/h9-10H,4-8H2,1-3H3,(H,15,16). The molecule has 2 saturated carbocycles. The lowest BCUT2D eigenvalue weighted by Crippen LogP contribution is -2.40. The molecule has 2 rings (SSSR count). The quantitative estimate of drug-likeness (QED) is 0.769. The Bertz CT molecular complexity index is 368. The van der Waals surface area contributed by atoms with Crippen molar-refractivity contribution in [3.05, 3.63) is 0 Å². The highest BCUT2D eigenvalue weighted by Crippen LogP contribution is 2.54. The smallest absolute Gasteiger partial charge is 0.312 e. The molecular weight excluding hydrogens is 232 g/mol. The van der Waals surface area contributed by atoms with E-state index in [1.54, 1.807) is 0 Å². The van der Waals surface area contributed by atoms with Crippen molar-refractivity contribution in [1.82, 2.24) is 0 Å². The maximum atomic E-state index is 12.3. The molecule has 2 aliphatic rings. The maximum absolute atomic E-state index is 12.3. The summed E-state index contributed by atoms with van der Waals surface area (Å²) in [5.41, 5.74) is -0.864. The molecule has 2 fully saturated rings. The first-order valence-corrected chi connectivity index (χ1v) is 6.70. The van der Waals surface area contributed by atoms with Gasteiger partial charge in [-0.2, -0.15) is 0 Å². The van der Waals surface area contributed by atoms with E-state index in [1.807, 2.05) is 20.8 Å². The summed E-state index contributed by atoms with van der Waals surface area (Å²) in [7, 11) is 0. The van der Waals surface area contributed by atoms with Gasteiger partial charge in [-0.3, -0.25) is 9.59 Å². The molecule has 2 aliphatic carbocycles. The minimum Gasteiger partial charge on any atom is -0.481 e. The third-order valence-corrected chi connectivity index (χ3v) is 4.30. The van der Waals surface area contributed by atoms with Crippen LogP contribution in [0.4, 0.5) is 0 Å². The van der Waals surface area contributed by atoms with Crippen molar-refractivity contribution in [2.24, 2.45) is 17.3 Å². The largest absolute Gasteiger partial charge is 0.481 e. The lowest BCUT2D eigenvalue weighted by atomic mass is 9.71. The van der Waals surface area contributed by atoms with Gasteiger partial charge < -0.3 is 9.84 Å². The molecular formula is C14H22O4. The van der Waals surface area contributed by atoms with Gasteiger partial charge in [-0.15, -0.1) is 0 Å². The number of aliphatic carboxylic acids is 1. The van der Waals surface area contributed by atoms with Gasteiger partial charge >= 0.3 is 11.9 Å². The number of ether oxygens (including phenoxy) is 1. The molecule has 0 aliphatic heterocycles. The Morgan fingerprint density at radius 1 is 1.22 bits per heavy atom. The predicted octanol–water partition coefficient (Wildman–Crippen LogP) is 2.61. The highest BCUT2D eigenvalue weighted by atomic mass is 16.6. The monoisotopic (exact) mass is 254 g/mol. The second kappa shape index (κ2) is 4.25. The Morgan fingerprint density at radius 2 is 1.83 bits per heavy atom. The summed E-state index contributed by atoms with van der Waals surface area (Å²) in [4.78, 5) is 23.4. The fourth-order valence-electron chi connectivity index (χ4n) is 3.40. The van der Waals surface area contributed by atoms with Crippen molar-refractivity contribution in [2.75, 3.05) is 0 Å². The molecule has 2 bridgehead atoms. The van der Waals surface area contributed by atoms with Crippen molar-refractivity contribution in [2.45, 2.75) is 58.5 Å². The summed E-state index contributed by atoms with van der Waals surface area (Å²) in [6, 6.07) is 0.